The van der Waals surface area contributed by atoms with E-state index >= 15 is 0 Å². The molecule has 2 aliphatic heterocycles. The zero-order valence-electron chi connectivity index (χ0n) is 13.4. The number of esters is 1. The van der Waals surface area contributed by atoms with Crippen molar-refractivity contribution in [3.63, 3.8) is 0 Å². The van der Waals surface area contributed by atoms with Gasteiger partial charge in [0, 0.05) is 39.3 Å². The Morgan fingerprint density at radius 1 is 0.957 bits per heavy atom. The van der Waals surface area contributed by atoms with Crippen molar-refractivity contribution in [1.82, 2.24) is 14.7 Å². The normalized spacial score (nSPS) is 19.4. The molecule has 0 saturated carbocycles. The predicted octanol–water partition coefficient (Wildman–Crippen LogP) is -0.911. The van der Waals surface area contributed by atoms with Gasteiger partial charge < -0.3 is 19.4 Å². The zero-order chi connectivity index (χ0) is 16.8. The summed E-state index contributed by atoms with van der Waals surface area (Å²) in [7, 11) is 0. The number of piperidine rings is 1. The third kappa shape index (κ3) is 4.20. The van der Waals surface area contributed by atoms with Gasteiger partial charge in [-0.05, 0) is 19.8 Å². The van der Waals surface area contributed by atoms with Crippen LogP contribution in [0.1, 0.15) is 19.8 Å². The summed E-state index contributed by atoms with van der Waals surface area (Å²) >= 11 is 0. The minimum absolute atomic E-state index is 0.190. The van der Waals surface area contributed by atoms with Gasteiger partial charge in [0.15, 0.2) is 0 Å². The standard InChI is InChI=1S/C15H23N3O5/c1-2-23-15(22)12-3-5-17(6-4-12)13(20)14(21)18-9-7-16(11-19)8-10-18/h11-12H,2-10H2,1H3. The van der Waals surface area contributed by atoms with E-state index < -0.39 is 11.8 Å². The van der Waals surface area contributed by atoms with Crippen LogP contribution in [0.3, 0.4) is 0 Å². The molecule has 128 valence electrons. The number of piperazine rings is 1. The van der Waals surface area contributed by atoms with Crippen LogP contribution in [0.15, 0.2) is 0 Å². The molecule has 2 fully saturated rings. The molecule has 0 aliphatic carbocycles. The predicted molar refractivity (Wildman–Crippen MR) is 80.2 cm³/mol. The van der Waals surface area contributed by atoms with Gasteiger partial charge in [0.2, 0.25) is 6.41 Å². The largest absolute Gasteiger partial charge is 0.466 e. The molecule has 0 radical (unpaired) electrons. The zero-order valence-corrected chi connectivity index (χ0v) is 13.4. The third-order valence-corrected chi connectivity index (χ3v) is 4.34. The summed E-state index contributed by atoms with van der Waals surface area (Å²) in [5.74, 6) is -1.46. The van der Waals surface area contributed by atoms with E-state index in [1.165, 1.54) is 9.80 Å². The number of hydrogen-bond acceptors (Lipinski definition) is 5. The SMILES string of the molecule is CCOC(=O)C1CCN(C(=O)C(=O)N2CCN(C=O)CC2)CC1. The number of rotatable bonds is 3. The lowest BCUT2D eigenvalue weighted by Gasteiger charge is -2.35. The average Bonchev–Trinajstić information content (AvgIpc) is 2.61. The molecule has 8 nitrogen and oxygen atoms in total. The van der Waals surface area contributed by atoms with E-state index in [-0.39, 0.29) is 11.9 Å². The van der Waals surface area contributed by atoms with Crippen LogP contribution in [-0.4, -0.2) is 84.8 Å². The molecule has 0 aromatic carbocycles. The highest BCUT2D eigenvalue weighted by Gasteiger charge is 2.33. The van der Waals surface area contributed by atoms with Crippen LogP contribution in [0, 0.1) is 5.92 Å². The van der Waals surface area contributed by atoms with Gasteiger partial charge in [0.25, 0.3) is 0 Å². The molecule has 2 heterocycles. The molecular weight excluding hydrogens is 302 g/mol. The second-order valence-electron chi connectivity index (χ2n) is 5.75. The fraction of sp³-hybridized carbons (Fsp3) is 0.733. The molecule has 3 amide bonds. The summed E-state index contributed by atoms with van der Waals surface area (Å²) in [6.07, 6.45) is 1.80. The maximum absolute atomic E-state index is 12.3. The van der Waals surface area contributed by atoms with Crippen molar-refractivity contribution < 1.29 is 23.9 Å². The van der Waals surface area contributed by atoms with Crippen molar-refractivity contribution in [1.29, 1.82) is 0 Å². The first-order valence-corrected chi connectivity index (χ1v) is 8.01. The number of ether oxygens (including phenoxy) is 1. The minimum atomic E-state index is -0.523. The van der Waals surface area contributed by atoms with Crippen molar-refractivity contribution in [2.24, 2.45) is 5.92 Å². The Morgan fingerprint density at radius 2 is 1.48 bits per heavy atom. The number of carbonyl (C=O) groups is 4. The van der Waals surface area contributed by atoms with Crippen LogP contribution >= 0.6 is 0 Å². The van der Waals surface area contributed by atoms with E-state index in [0.29, 0.717) is 58.7 Å². The number of amides is 3. The Morgan fingerprint density at radius 3 is 1.96 bits per heavy atom. The molecule has 2 saturated heterocycles. The van der Waals surface area contributed by atoms with E-state index in [0.717, 1.165) is 6.41 Å². The Bertz CT molecular complexity index is 466. The Hall–Kier alpha value is -2.12. The highest BCUT2D eigenvalue weighted by Crippen LogP contribution is 2.19. The fourth-order valence-electron chi connectivity index (χ4n) is 2.88. The van der Waals surface area contributed by atoms with Gasteiger partial charge in [-0.1, -0.05) is 0 Å². The molecule has 23 heavy (non-hydrogen) atoms. The molecule has 2 aliphatic rings. The minimum Gasteiger partial charge on any atom is -0.466 e. The summed E-state index contributed by atoms with van der Waals surface area (Å²) in [6, 6.07) is 0. The van der Waals surface area contributed by atoms with Crippen LogP contribution in [0.4, 0.5) is 0 Å². The summed E-state index contributed by atoms with van der Waals surface area (Å²) in [4.78, 5) is 51.4. The molecule has 0 aromatic rings. The Kier molecular flexibility index (Phi) is 5.95. The molecule has 8 heteroatoms. The van der Waals surface area contributed by atoms with E-state index in [4.69, 9.17) is 4.74 Å². The van der Waals surface area contributed by atoms with E-state index in [1.54, 1.807) is 11.8 Å². The first-order chi connectivity index (χ1) is 11.1. The Labute approximate surface area is 135 Å². The highest BCUT2D eigenvalue weighted by atomic mass is 16.5. The highest BCUT2D eigenvalue weighted by molar-refractivity contribution is 6.34. The lowest BCUT2D eigenvalue weighted by atomic mass is 9.97. The van der Waals surface area contributed by atoms with Gasteiger partial charge in [-0.3, -0.25) is 19.2 Å². The molecule has 0 bridgehead atoms. The van der Waals surface area contributed by atoms with Crippen LogP contribution in [0.5, 0.6) is 0 Å². The molecular formula is C15H23N3O5. The van der Waals surface area contributed by atoms with Crippen LogP contribution in [-0.2, 0) is 23.9 Å². The second kappa shape index (κ2) is 7.94. The van der Waals surface area contributed by atoms with Gasteiger partial charge >= 0.3 is 17.8 Å². The van der Waals surface area contributed by atoms with Crippen molar-refractivity contribution >= 4 is 24.2 Å². The van der Waals surface area contributed by atoms with E-state index in [1.807, 2.05) is 0 Å². The van der Waals surface area contributed by atoms with Crippen LogP contribution in [0.2, 0.25) is 0 Å². The quantitative estimate of drug-likeness (QED) is 0.381. The average molecular weight is 325 g/mol. The smallest absolute Gasteiger partial charge is 0.312 e. The number of carbonyl (C=O) groups excluding carboxylic acids is 4. The van der Waals surface area contributed by atoms with Crippen molar-refractivity contribution in [2.45, 2.75) is 19.8 Å². The van der Waals surface area contributed by atoms with Gasteiger partial charge in [-0.15, -0.1) is 0 Å². The van der Waals surface area contributed by atoms with Gasteiger partial charge in [0.1, 0.15) is 0 Å². The lowest BCUT2D eigenvalue weighted by molar-refractivity contribution is -0.156. The molecule has 0 spiro atoms. The number of nitrogens with zero attached hydrogens (tertiary/aromatic N) is 3. The first kappa shape index (κ1) is 17.2. The van der Waals surface area contributed by atoms with Crippen molar-refractivity contribution in [2.75, 3.05) is 45.9 Å². The molecule has 0 atom stereocenters. The second-order valence-corrected chi connectivity index (χ2v) is 5.75. The lowest BCUT2D eigenvalue weighted by Crippen LogP contribution is -2.54. The van der Waals surface area contributed by atoms with Gasteiger partial charge in [-0.25, -0.2) is 0 Å². The maximum Gasteiger partial charge on any atom is 0.312 e. The third-order valence-electron chi connectivity index (χ3n) is 4.34. The topological polar surface area (TPSA) is 87.2 Å². The van der Waals surface area contributed by atoms with Crippen LogP contribution in [0.25, 0.3) is 0 Å². The molecule has 0 aromatic heterocycles. The van der Waals surface area contributed by atoms with Crippen molar-refractivity contribution in [3.05, 3.63) is 0 Å². The van der Waals surface area contributed by atoms with Gasteiger partial charge in [-0.2, -0.15) is 0 Å². The monoisotopic (exact) mass is 325 g/mol. The summed E-state index contributed by atoms with van der Waals surface area (Å²) in [5.41, 5.74) is 0. The number of hydrogen-bond donors (Lipinski definition) is 0. The Balaban J connectivity index is 1.81. The molecule has 0 unspecified atom stereocenters. The van der Waals surface area contributed by atoms with Crippen LogP contribution < -0.4 is 0 Å². The first-order valence-electron chi connectivity index (χ1n) is 8.01. The van der Waals surface area contributed by atoms with E-state index in [2.05, 4.69) is 0 Å². The number of likely N-dealkylation sites (tertiary alicyclic amines) is 1. The summed E-state index contributed by atoms with van der Waals surface area (Å²) in [6.45, 7) is 4.56. The van der Waals surface area contributed by atoms with Gasteiger partial charge in [0.05, 0.1) is 12.5 Å². The maximum atomic E-state index is 12.3. The molecule has 2 rings (SSSR count). The summed E-state index contributed by atoms with van der Waals surface area (Å²) < 4.78 is 4.99. The molecule has 0 N–H and O–H groups in total. The van der Waals surface area contributed by atoms with Crippen molar-refractivity contribution in [3.8, 4) is 0 Å². The summed E-state index contributed by atoms with van der Waals surface area (Å²) in [5, 5.41) is 0. The fourth-order valence-corrected chi connectivity index (χ4v) is 2.88. The van der Waals surface area contributed by atoms with E-state index in [9.17, 15) is 19.2 Å².